The predicted molar refractivity (Wildman–Crippen MR) is 59.6 cm³/mol. The third-order valence-corrected chi connectivity index (χ3v) is 2.34. The number of hydrogen-bond acceptors (Lipinski definition) is 3. The summed E-state index contributed by atoms with van der Waals surface area (Å²) in [5, 5.41) is 0. The molecule has 0 aromatic heterocycles. The standard InChI is InChI=1S/C12H17NO2/c1-3-5-11(13)9-6-4-7-10(8-9)12(14)15-2/h4,6-8,11H,3,5,13H2,1-2H3. The lowest BCUT2D eigenvalue weighted by molar-refractivity contribution is 0.0600. The highest BCUT2D eigenvalue weighted by atomic mass is 16.5. The SMILES string of the molecule is CCCC(N)c1cccc(C(=O)OC)c1. The number of nitrogens with two attached hydrogens (primary N) is 1. The first-order valence-corrected chi connectivity index (χ1v) is 5.13. The van der Waals surface area contributed by atoms with Gasteiger partial charge in [-0.1, -0.05) is 25.5 Å². The van der Waals surface area contributed by atoms with Crippen LogP contribution in [0, 0.1) is 0 Å². The van der Waals surface area contributed by atoms with Crippen LogP contribution in [0.25, 0.3) is 0 Å². The molecule has 82 valence electrons. The second-order valence-electron chi connectivity index (χ2n) is 3.51. The minimum Gasteiger partial charge on any atom is -0.465 e. The van der Waals surface area contributed by atoms with Gasteiger partial charge in [-0.2, -0.15) is 0 Å². The molecule has 0 spiro atoms. The molecule has 2 N–H and O–H groups in total. The van der Waals surface area contributed by atoms with E-state index in [-0.39, 0.29) is 12.0 Å². The Morgan fingerprint density at radius 2 is 2.27 bits per heavy atom. The van der Waals surface area contributed by atoms with E-state index in [0.717, 1.165) is 18.4 Å². The molecule has 0 fully saturated rings. The maximum Gasteiger partial charge on any atom is 0.337 e. The zero-order chi connectivity index (χ0) is 11.3. The van der Waals surface area contributed by atoms with Crippen LogP contribution in [0.5, 0.6) is 0 Å². The molecule has 1 aromatic rings. The van der Waals surface area contributed by atoms with Gasteiger partial charge in [-0.3, -0.25) is 0 Å². The molecule has 0 heterocycles. The smallest absolute Gasteiger partial charge is 0.337 e. The van der Waals surface area contributed by atoms with Gasteiger partial charge in [0.15, 0.2) is 0 Å². The van der Waals surface area contributed by atoms with Crippen molar-refractivity contribution in [1.82, 2.24) is 0 Å². The average molecular weight is 207 g/mol. The van der Waals surface area contributed by atoms with E-state index in [4.69, 9.17) is 5.73 Å². The van der Waals surface area contributed by atoms with Crippen molar-refractivity contribution in [1.29, 1.82) is 0 Å². The number of methoxy groups -OCH3 is 1. The van der Waals surface area contributed by atoms with Crippen molar-refractivity contribution in [2.45, 2.75) is 25.8 Å². The Morgan fingerprint density at radius 1 is 1.53 bits per heavy atom. The Bertz CT molecular complexity index is 336. The average Bonchev–Trinajstić information content (AvgIpc) is 2.28. The Balaban J connectivity index is 2.87. The Kier molecular flexibility index (Phi) is 4.31. The maximum absolute atomic E-state index is 11.3. The van der Waals surface area contributed by atoms with Crippen LogP contribution < -0.4 is 5.73 Å². The number of carbonyl (C=O) groups excluding carboxylic acids is 1. The van der Waals surface area contributed by atoms with E-state index in [2.05, 4.69) is 11.7 Å². The van der Waals surface area contributed by atoms with Crippen molar-refractivity contribution in [3.8, 4) is 0 Å². The summed E-state index contributed by atoms with van der Waals surface area (Å²) in [5.74, 6) is -0.319. The zero-order valence-electron chi connectivity index (χ0n) is 9.19. The summed E-state index contributed by atoms with van der Waals surface area (Å²) in [7, 11) is 1.38. The Labute approximate surface area is 90.2 Å². The molecule has 0 radical (unpaired) electrons. The van der Waals surface area contributed by atoms with E-state index >= 15 is 0 Å². The summed E-state index contributed by atoms with van der Waals surface area (Å²) in [5.41, 5.74) is 7.51. The van der Waals surface area contributed by atoms with Gasteiger partial charge in [0.25, 0.3) is 0 Å². The van der Waals surface area contributed by atoms with E-state index in [1.54, 1.807) is 12.1 Å². The highest BCUT2D eigenvalue weighted by Crippen LogP contribution is 2.17. The summed E-state index contributed by atoms with van der Waals surface area (Å²) >= 11 is 0. The van der Waals surface area contributed by atoms with Crippen molar-refractivity contribution in [2.75, 3.05) is 7.11 Å². The molecule has 1 rings (SSSR count). The molecular formula is C12H17NO2. The molecule has 3 heteroatoms. The predicted octanol–water partition coefficient (Wildman–Crippen LogP) is 2.27. The second kappa shape index (κ2) is 5.51. The number of rotatable bonds is 4. The van der Waals surface area contributed by atoms with Crippen molar-refractivity contribution < 1.29 is 9.53 Å². The number of ether oxygens (including phenoxy) is 1. The van der Waals surface area contributed by atoms with Crippen molar-refractivity contribution in [2.24, 2.45) is 5.73 Å². The summed E-state index contributed by atoms with van der Waals surface area (Å²) in [4.78, 5) is 11.3. The van der Waals surface area contributed by atoms with Crippen LogP contribution in [-0.4, -0.2) is 13.1 Å². The van der Waals surface area contributed by atoms with Crippen LogP contribution >= 0.6 is 0 Å². The van der Waals surface area contributed by atoms with Crippen LogP contribution in [-0.2, 0) is 4.74 Å². The normalized spacial score (nSPS) is 12.2. The fourth-order valence-electron chi connectivity index (χ4n) is 1.49. The van der Waals surface area contributed by atoms with Crippen molar-refractivity contribution in [3.05, 3.63) is 35.4 Å². The van der Waals surface area contributed by atoms with Crippen LogP contribution in [0.15, 0.2) is 24.3 Å². The van der Waals surface area contributed by atoms with Crippen LogP contribution in [0.3, 0.4) is 0 Å². The van der Waals surface area contributed by atoms with E-state index < -0.39 is 0 Å². The van der Waals surface area contributed by atoms with Gasteiger partial charge in [-0.05, 0) is 24.1 Å². The van der Waals surface area contributed by atoms with E-state index in [9.17, 15) is 4.79 Å². The van der Waals surface area contributed by atoms with Crippen LogP contribution in [0.2, 0.25) is 0 Å². The fourth-order valence-corrected chi connectivity index (χ4v) is 1.49. The maximum atomic E-state index is 11.3. The largest absolute Gasteiger partial charge is 0.465 e. The molecule has 0 aliphatic carbocycles. The number of hydrogen-bond donors (Lipinski definition) is 1. The Morgan fingerprint density at radius 3 is 2.87 bits per heavy atom. The molecule has 0 saturated heterocycles. The first-order chi connectivity index (χ1) is 7.19. The molecule has 0 bridgehead atoms. The van der Waals surface area contributed by atoms with Crippen LogP contribution in [0.1, 0.15) is 41.7 Å². The number of esters is 1. The topological polar surface area (TPSA) is 52.3 Å². The van der Waals surface area contributed by atoms with E-state index in [1.165, 1.54) is 7.11 Å². The van der Waals surface area contributed by atoms with Crippen molar-refractivity contribution in [3.63, 3.8) is 0 Å². The highest BCUT2D eigenvalue weighted by Gasteiger charge is 2.09. The van der Waals surface area contributed by atoms with Gasteiger partial charge < -0.3 is 10.5 Å². The van der Waals surface area contributed by atoms with E-state index in [1.807, 2.05) is 12.1 Å². The monoisotopic (exact) mass is 207 g/mol. The quantitative estimate of drug-likeness (QED) is 0.770. The minimum absolute atomic E-state index is 0.000365. The summed E-state index contributed by atoms with van der Waals surface area (Å²) in [6.45, 7) is 2.09. The van der Waals surface area contributed by atoms with Gasteiger partial charge in [0.1, 0.15) is 0 Å². The molecule has 15 heavy (non-hydrogen) atoms. The number of benzene rings is 1. The second-order valence-corrected chi connectivity index (χ2v) is 3.51. The fraction of sp³-hybridized carbons (Fsp3) is 0.417. The van der Waals surface area contributed by atoms with Gasteiger partial charge in [0.05, 0.1) is 12.7 Å². The summed E-state index contributed by atoms with van der Waals surface area (Å²) < 4.78 is 4.65. The number of carbonyl (C=O) groups is 1. The molecule has 0 amide bonds. The van der Waals surface area contributed by atoms with Gasteiger partial charge in [-0.15, -0.1) is 0 Å². The zero-order valence-corrected chi connectivity index (χ0v) is 9.19. The first kappa shape index (κ1) is 11.7. The van der Waals surface area contributed by atoms with Crippen molar-refractivity contribution >= 4 is 5.97 Å². The molecule has 1 aromatic carbocycles. The third kappa shape index (κ3) is 3.06. The lowest BCUT2D eigenvalue weighted by atomic mass is 10.0. The minimum atomic E-state index is -0.319. The highest BCUT2D eigenvalue weighted by molar-refractivity contribution is 5.89. The molecule has 3 nitrogen and oxygen atoms in total. The molecule has 0 saturated carbocycles. The van der Waals surface area contributed by atoms with E-state index in [0.29, 0.717) is 5.56 Å². The van der Waals surface area contributed by atoms with Gasteiger partial charge >= 0.3 is 5.97 Å². The molecular weight excluding hydrogens is 190 g/mol. The lowest BCUT2D eigenvalue weighted by Crippen LogP contribution is -2.11. The van der Waals surface area contributed by atoms with Gasteiger partial charge in [0.2, 0.25) is 0 Å². The summed E-state index contributed by atoms with van der Waals surface area (Å²) in [6.07, 6.45) is 1.95. The molecule has 1 unspecified atom stereocenters. The molecule has 1 atom stereocenters. The third-order valence-electron chi connectivity index (χ3n) is 2.34. The first-order valence-electron chi connectivity index (χ1n) is 5.13. The van der Waals surface area contributed by atoms with Crippen LogP contribution in [0.4, 0.5) is 0 Å². The van der Waals surface area contributed by atoms with Gasteiger partial charge in [-0.25, -0.2) is 4.79 Å². The molecule has 0 aliphatic rings. The Hall–Kier alpha value is -1.35. The summed E-state index contributed by atoms with van der Waals surface area (Å²) in [6, 6.07) is 7.30. The van der Waals surface area contributed by atoms with Gasteiger partial charge in [0, 0.05) is 6.04 Å². The lowest BCUT2D eigenvalue weighted by Gasteiger charge is -2.11. The molecule has 0 aliphatic heterocycles.